The van der Waals surface area contributed by atoms with Crippen molar-refractivity contribution in [3.8, 4) is 0 Å². The van der Waals surface area contributed by atoms with Gasteiger partial charge in [0.25, 0.3) is 0 Å². The predicted octanol–water partition coefficient (Wildman–Crippen LogP) is 2.77. The number of carbonyl (C=O) groups is 1. The first-order chi connectivity index (χ1) is 16.5. The summed E-state index contributed by atoms with van der Waals surface area (Å²) in [5.41, 5.74) is -1.30. The van der Waals surface area contributed by atoms with Crippen LogP contribution < -0.4 is 21.2 Å². The maximum atomic E-state index is 12.7. The van der Waals surface area contributed by atoms with E-state index < -0.39 is 11.6 Å². The van der Waals surface area contributed by atoms with Gasteiger partial charge in [0, 0.05) is 0 Å². The zero-order chi connectivity index (χ0) is 24.0. The van der Waals surface area contributed by atoms with Crippen molar-refractivity contribution < 1.29 is 14.9 Å². The predicted molar refractivity (Wildman–Crippen MR) is 137 cm³/mol. The van der Waals surface area contributed by atoms with E-state index in [1.807, 2.05) is 60.7 Å². The first-order valence-electron chi connectivity index (χ1n) is 10.4. The molecule has 0 spiro atoms. The Bertz CT molecular complexity index is 1300. The Kier molecular flexibility index (Phi) is 8.00. The zero-order valence-electron chi connectivity index (χ0n) is 17.9. The van der Waals surface area contributed by atoms with E-state index in [9.17, 15) is 4.79 Å². The standard InChI is InChI=1S/C23H22N5O3PSSe/c29-22(15-18(16-31-30)28-23(33)25-26-27-28)24-17-11-13-21(14-12-17)32(34,19-7-3-1-4-8-19)20-9-5-2-6-10-20/h1-14,18,30H,15-16H2,(H,24,29)(H,25,27,33). The van der Waals surface area contributed by atoms with Crippen molar-refractivity contribution in [1.29, 1.82) is 0 Å². The van der Waals surface area contributed by atoms with Crippen LogP contribution in [-0.4, -0.2) is 53.1 Å². The van der Waals surface area contributed by atoms with Crippen LogP contribution in [0.5, 0.6) is 0 Å². The van der Waals surface area contributed by atoms with Gasteiger partial charge in [-0.05, 0) is 0 Å². The van der Waals surface area contributed by atoms with Gasteiger partial charge < -0.3 is 0 Å². The first-order valence-corrected chi connectivity index (χ1v) is 14.8. The molecule has 11 heteroatoms. The Balaban J connectivity index is 1.56. The van der Waals surface area contributed by atoms with E-state index in [1.165, 1.54) is 15.3 Å². The second-order valence-electron chi connectivity index (χ2n) is 7.48. The number of amides is 1. The number of H-pyrrole nitrogens is 1. The van der Waals surface area contributed by atoms with Crippen molar-refractivity contribution >= 4 is 60.3 Å². The van der Waals surface area contributed by atoms with Gasteiger partial charge in [0.2, 0.25) is 0 Å². The summed E-state index contributed by atoms with van der Waals surface area (Å²) in [6.07, 6.45) is 0.00696. The summed E-state index contributed by atoms with van der Waals surface area (Å²) in [5, 5.41) is 25.3. The number of carbonyl (C=O) groups excluding carboxylic acids is 1. The number of hydrogen-bond acceptors (Lipinski definition) is 6. The van der Waals surface area contributed by atoms with Crippen molar-refractivity contribution in [1.82, 2.24) is 20.2 Å². The summed E-state index contributed by atoms with van der Waals surface area (Å²) in [6, 6.07) is 28.1. The molecule has 3 N–H and O–H groups in total. The number of nitrogens with zero attached hydrogens (tertiary/aromatic N) is 3. The van der Waals surface area contributed by atoms with E-state index in [4.69, 9.17) is 17.5 Å². The average molecular weight is 558 g/mol. The van der Waals surface area contributed by atoms with Crippen LogP contribution in [0.1, 0.15) is 12.5 Å². The van der Waals surface area contributed by atoms with Gasteiger partial charge >= 0.3 is 210 Å². The van der Waals surface area contributed by atoms with Gasteiger partial charge in [-0.2, -0.15) is 0 Å². The Morgan fingerprint density at radius 2 is 1.59 bits per heavy atom. The minimum absolute atomic E-state index is 0.00696. The van der Waals surface area contributed by atoms with E-state index in [-0.39, 0.29) is 23.7 Å². The van der Waals surface area contributed by atoms with Crippen LogP contribution in [-0.2, 0) is 9.68 Å². The number of tetrazole rings is 1. The monoisotopic (exact) mass is 559 g/mol. The molecule has 1 aromatic heterocycles. The Hall–Kier alpha value is -2.71. The van der Waals surface area contributed by atoms with Gasteiger partial charge in [-0.25, -0.2) is 0 Å². The van der Waals surface area contributed by atoms with Crippen LogP contribution in [0.4, 0.5) is 5.69 Å². The third-order valence-corrected chi connectivity index (χ3v) is 12.6. The van der Waals surface area contributed by atoms with E-state index in [0.717, 1.165) is 5.30 Å². The van der Waals surface area contributed by atoms with Crippen molar-refractivity contribution in [3.63, 3.8) is 0 Å². The van der Waals surface area contributed by atoms with E-state index in [1.54, 1.807) is 0 Å². The van der Waals surface area contributed by atoms with E-state index >= 15 is 0 Å². The van der Waals surface area contributed by atoms with E-state index in [0.29, 0.717) is 5.69 Å². The normalized spacial score (nSPS) is 12.3. The summed E-state index contributed by atoms with van der Waals surface area (Å²) in [7, 11) is 0. The Morgan fingerprint density at radius 3 is 2.09 bits per heavy atom. The Labute approximate surface area is 209 Å². The molecule has 0 aliphatic heterocycles. The maximum absolute atomic E-state index is 12.7. The van der Waals surface area contributed by atoms with Crippen LogP contribution in [0.2, 0.25) is 0 Å². The molecule has 0 saturated heterocycles. The molecule has 34 heavy (non-hydrogen) atoms. The minimum atomic E-state index is -1.97. The molecule has 0 saturated carbocycles. The van der Waals surface area contributed by atoms with Crippen LogP contribution in [0.3, 0.4) is 0 Å². The average Bonchev–Trinajstić information content (AvgIpc) is 3.30. The van der Waals surface area contributed by atoms with Crippen LogP contribution in [0.15, 0.2) is 84.9 Å². The molecule has 0 fully saturated rings. The van der Waals surface area contributed by atoms with Crippen molar-refractivity contribution in [2.75, 3.05) is 11.9 Å². The summed E-state index contributed by atoms with van der Waals surface area (Å²) >= 11 is 8.60. The zero-order valence-corrected chi connectivity index (χ0v) is 21.4. The number of aromatic amines is 1. The number of benzene rings is 3. The van der Waals surface area contributed by atoms with Crippen molar-refractivity contribution in [2.45, 2.75) is 12.5 Å². The SMILES string of the molecule is O=C(CC(COO)n1[nH]nnc1=S)Nc1ccc(P(=[Se])(c2ccccc2)c2ccccc2)cc1. The fourth-order valence-corrected chi connectivity index (χ4v) is 8.83. The second kappa shape index (κ2) is 11.1. The molecule has 0 radical (unpaired) electrons. The van der Waals surface area contributed by atoms with Gasteiger partial charge in [0.15, 0.2) is 0 Å². The molecular formula is C23H22N5O3PSSe. The summed E-state index contributed by atoms with van der Waals surface area (Å²) in [6.45, 7) is -0.142. The number of aromatic nitrogens is 4. The molecule has 4 aromatic rings. The molecule has 1 amide bonds. The number of anilines is 1. The molecule has 4 rings (SSSR count). The molecule has 1 unspecified atom stereocenters. The molecule has 0 aliphatic rings. The first kappa shape index (κ1) is 24.4. The van der Waals surface area contributed by atoms with Gasteiger partial charge in [0.1, 0.15) is 0 Å². The van der Waals surface area contributed by atoms with Gasteiger partial charge in [-0.15, -0.1) is 0 Å². The summed E-state index contributed by atoms with van der Waals surface area (Å²) < 4.78 is 1.57. The molecule has 8 nitrogen and oxygen atoms in total. The fourth-order valence-electron chi connectivity index (χ4n) is 3.66. The van der Waals surface area contributed by atoms with Crippen LogP contribution >= 0.6 is 17.7 Å². The summed E-state index contributed by atoms with van der Waals surface area (Å²) in [4.78, 5) is 16.9. The van der Waals surface area contributed by atoms with Gasteiger partial charge in [-0.1, -0.05) is 0 Å². The van der Waals surface area contributed by atoms with Crippen LogP contribution in [0, 0.1) is 4.77 Å². The summed E-state index contributed by atoms with van der Waals surface area (Å²) in [5.74, 6) is -0.262. The molecule has 3 aromatic carbocycles. The van der Waals surface area contributed by atoms with Gasteiger partial charge in [-0.3, -0.25) is 0 Å². The topological polar surface area (TPSA) is 105 Å². The molecule has 1 atom stereocenters. The molecule has 174 valence electrons. The number of hydrogen-bond donors (Lipinski definition) is 3. The Morgan fingerprint density at radius 1 is 1.03 bits per heavy atom. The van der Waals surface area contributed by atoms with Crippen molar-refractivity contribution in [3.05, 3.63) is 89.7 Å². The molecule has 1 heterocycles. The fraction of sp³-hybridized carbons (Fsp3) is 0.130. The molecule has 0 aliphatic carbocycles. The quantitative estimate of drug-likeness (QED) is 0.0960. The van der Waals surface area contributed by atoms with Crippen LogP contribution in [0.25, 0.3) is 0 Å². The van der Waals surface area contributed by atoms with Gasteiger partial charge in [0.05, 0.1) is 0 Å². The molecule has 0 bridgehead atoms. The number of nitrogens with one attached hydrogen (secondary N) is 2. The van der Waals surface area contributed by atoms with Crippen molar-refractivity contribution in [2.24, 2.45) is 0 Å². The second-order valence-corrected chi connectivity index (χ2v) is 14.1. The van der Waals surface area contributed by atoms with E-state index in [2.05, 4.69) is 65.1 Å². The third kappa shape index (κ3) is 5.33. The third-order valence-electron chi connectivity index (χ3n) is 5.30. The number of rotatable bonds is 9. The molecular weight excluding hydrogens is 536 g/mol.